The molecule has 0 radical (unpaired) electrons. The Hall–Kier alpha value is -3.63. The number of hydrazine groups is 1. The fraction of sp³-hybridized carbons (Fsp3) is 0.273. The average Bonchev–Trinajstić information content (AvgIpc) is 2.79. The molecule has 2 heterocycles. The zero-order valence-corrected chi connectivity index (χ0v) is 17.6. The molecule has 0 fully saturated rings. The van der Waals surface area contributed by atoms with Crippen LogP contribution in [0, 0.1) is 5.82 Å². The maximum absolute atomic E-state index is 13.2. The first-order valence-corrected chi connectivity index (χ1v) is 10.0. The average molecular weight is 441 g/mol. The molecule has 168 valence electrons. The van der Waals surface area contributed by atoms with Crippen LogP contribution in [-0.2, 0) is 6.42 Å². The third-order valence-corrected chi connectivity index (χ3v) is 4.83. The molecular weight excluding hydrogens is 417 g/mol. The van der Waals surface area contributed by atoms with Crippen molar-refractivity contribution < 1.29 is 24.2 Å². The minimum atomic E-state index is -0.749. The van der Waals surface area contributed by atoms with E-state index in [-0.39, 0.29) is 34.7 Å². The predicted molar refractivity (Wildman–Crippen MR) is 116 cm³/mol. The maximum Gasteiger partial charge on any atom is 0.284 e. The van der Waals surface area contributed by atoms with Crippen LogP contribution >= 0.6 is 0 Å². The first-order valence-electron chi connectivity index (χ1n) is 10.0. The van der Waals surface area contributed by atoms with E-state index in [1.807, 2.05) is 0 Å². The molecule has 3 rings (SSSR count). The maximum atomic E-state index is 13.2. The van der Waals surface area contributed by atoms with Gasteiger partial charge in [0.15, 0.2) is 11.4 Å². The Kier molecular flexibility index (Phi) is 7.29. The van der Waals surface area contributed by atoms with E-state index in [9.17, 15) is 24.2 Å². The lowest BCUT2D eigenvalue weighted by Gasteiger charge is -2.14. The Morgan fingerprint density at radius 2 is 1.84 bits per heavy atom. The van der Waals surface area contributed by atoms with Crippen molar-refractivity contribution in [3.05, 3.63) is 64.9 Å². The van der Waals surface area contributed by atoms with Gasteiger partial charge in [-0.2, -0.15) is 0 Å². The van der Waals surface area contributed by atoms with Crippen LogP contribution in [0.25, 0.3) is 10.9 Å². The van der Waals surface area contributed by atoms with Crippen LogP contribution in [0.1, 0.15) is 45.4 Å². The molecule has 0 bridgehead atoms. The summed E-state index contributed by atoms with van der Waals surface area (Å²) in [6.07, 6.45) is 1.61. The summed E-state index contributed by atoms with van der Waals surface area (Å²) in [6, 6.07) is 7.63. The molecule has 0 saturated heterocycles. The van der Waals surface area contributed by atoms with E-state index in [2.05, 4.69) is 26.1 Å². The summed E-state index contributed by atoms with van der Waals surface area (Å²) in [4.78, 5) is 33.5. The number of rotatable bonds is 8. The van der Waals surface area contributed by atoms with Crippen molar-refractivity contribution in [1.82, 2.24) is 26.1 Å². The molecule has 2 amide bonds. The molecule has 0 aliphatic rings. The number of hydrogen-bond donors (Lipinski definition) is 5. The summed E-state index contributed by atoms with van der Waals surface area (Å²) in [7, 11) is 1.50. The number of benzene rings is 1. The first kappa shape index (κ1) is 23.0. The Morgan fingerprint density at radius 1 is 1.12 bits per heavy atom. The smallest absolute Gasteiger partial charge is 0.284 e. The SMILES string of the molecule is CCC(O)CNC(=O)c1nc(C(=O)NNC)c2cc(Cc3ccc(F)cc3)cnc2c1O. The number of hydrogen-bond acceptors (Lipinski definition) is 7. The summed E-state index contributed by atoms with van der Waals surface area (Å²) in [5, 5.41) is 23.1. The minimum absolute atomic E-state index is 0.0312. The number of aromatic nitrogens is 2. The summed E-state index contributed by atoms with van der Waals surface area (Å²) in [6.45, 7) is 1.73. The zero-order chi connectivity index (χ0) is 23.3. The van der Waals surface area contributed by atoms with Crippen LogP contribution < -0.4 is 16.2 Å². The van der Waals surface area contributed by atoms with E-state index in [1.165, 1.54) is 25.4 Å². The fourth-order valence-electron chi connectivity index (χ4n) is 3.09. The van der Waals surface area contributed by atoms with E-state index < -0.39 is 23.7 Å². The van der Waals surface area contributed by atoms with E-state index in [0.717, 1.165) is 5.56 Å². The number of aliphatic hydroxyl groups excluding tert-OH is 1. The first-order chi connectivity index (χ1) is 15.3. The lowest BCUT2D eigenvalue weighted by molar-refractivity contribution is 0.0905. The third kappa shape index (κ3) is 5.16. The van der Waals surface area contributed by atoms with Crippen LogP contribution in [0.4, 0.5) is 4.39 Å². The highest BCUT2D eigenvalue weighted by Crippen LogP contribution is 2.29. The molecule has 9 nitrogen and oxygen atoms in total. The molecule has 0 spiro atoms. The van der Waals surface area contributed by atoms with E-state index in [1.54, 1.807) is 25.1 Å². The normalized spacial score (nSPS) is 11.9. The van der Waals surface area contributed by atoms with Crippen molar-refractivity contribution in [3.63, 3.8) is 0 Å². The summed E-state index contributed by atoms with van der Waals surface area (Å²) < 4.78 is 13.2. The second-order valence-corrected chi connectivity index (χ2v) is 7.18. The largest absolute Gasteiger partial charge is 0.504 e. The Morgan fingerprint density at radius 3 is 2.50 bits per heavy atom. The Balaban J connectivity index is 2.04. The van der Waals surface area contributed by atoms with Gasteiger partial charge in [0, 0.05) is 25.2 Å². The van der Waals surface area contributed by atoms with Crippen molar-refractivity contribution in [2.75, 3.05) is 13.6 Å². The number of nitrogens with one attached hydrogen (secondary N) is 3. The highest BCUT2D eigenvalue weighted by molar-refractivity contribution is 6.09. The van der Waals surface area contributed by atoms with Gasteiger partial charge >= 0.3 is 0 Å². The van der Waals surface area contributed by atoms with E-state index in [0.29, 0.717) is 18.4 Å². The van der Waals surface area contributed by atoms with Crippen molar-refractivity contribution in [2.24, 2.45) is 0 Å². The van der Waals surface area contributed by atoms with Gasteiger partial charge in [0.2, 0.25) is 0 Å². The van der Waals surface area contributed by atoms with Crippen LogP contribution in [0.2, 0.25) is 0 Å². The van der Waals surface area contributed by atoms with Gasteiger partial charge in [0.1, 0.15) is 17.0 Å². The number of aromatic hydroxyl groups is 1. The van der Waals surface area contributed by atoms with Gasteiger partial charge in [-0.25, -0.2) is 14.8 Å². The van der Waals surface area contributed by atoms with E-state index in [4.69, 9.17) is 0 Å². The van der Waals surface area contributed by atoms with Crippen LogP contribution in [-0.4, -0.2) is 51.7 Å². The van der Waals surface area contributed by atoms with Gasteiger partial charge in [-0.15, -0.1) is 0 Å². The summed E-state index contributed by atoms with van der Waals surface area (Å²) >= 11 is 0. The van der Waals surface area contributed by atoms with Crippen molar-refractivity contribution in [2.45, 2.75) is 25.9 Å². The zero-order valence-electron chi connectivity index (χ0n) is 17.6. The van der Waals surface area contributed by atoms with Crippen LogP contribution in [0.15, 0.2) is 36.5 Å². The Labute approximate surface area is 183 Å². The molecule has 32 heavy (non-hydrogen) atoms. The number of nitrogens with zero attached hydrogens (tertiary/aromatic N) is 2. The Bertz CT molecular complexity index is 1140. The molecule has 0 aliphatic carbocycles. The lowest BCUT2D eigenvalue weighted by Crippen LogP contribution is -2.36. The van der Waals surface area contributed by atoms with E-state index >= 15 is 0 Å². The second-order valence-electron chi connectivity index (χ2n) is 7.18. The summed E-state index contributed by atoms with van der Waals surface area (Å²) in [5.41, 5.74) is 5.99. The number of aliphatic hydroxyl groups is 1. The number of fused-ring (bicyclic) bond motifs is 1. The quantitative estimate of drug-likeness (QED) is 0.334. The number of halogens is 1. The molecular formula is C22H24FN5O4. The molecule has 0 aliphatic heterocycles. The molecule has 3 aromatic rings. The monoisotopic (exact) mass is 441 g/mol. The van der Waals surface area contributed by atoms with Gasteiger partial charge in [-0.05, 0) is 42.2 Å². The van der Waals surface area contributed by atoms with Crippen LogP contribution in [0.3, 0.4) is 0 Å². The van der Waals surface area contributed by atoms with Gasteiger partial charge in [-0.3, -0.25) is 20.0 Å². The molecule has 2 aromatic heterocycles. The standard InChI is InChI=1S/C22H24FN5O4/c1-3-15(29)11-26-21(31)19-20(30)17-16(18(27-19)22(32)28-24-2)9-13(10-25-17)8-12-4-6-14(23)7-5-12/h4-7,9-10,15,24,29-30H,3,8,11H2,1-2H3,(H,26,31)(H,28,32). The number of carbonyl (C=O) groups is 2. The molecule has 0 saturated carbocycles. The van der Waals surface area contributed by atoms with Crippen molar-refractivity contribution in [3.8, 4) is 5.75 Å². The van der Waals surface area contributed by atoms with Crippen molar-refractivity contribution in [1.29, 1.82) is 0 Å². The van der Waals surface area contributed by atoms with Gasteiger partial charge in [0.25, 0.3) is 11.8 Å². The highest BCUT2D eigenvalue weighted by Gasteiger charge is 2.24. The van der Waals surface area contributed by atoms with Gasteiger partial charge in [-0.1, -0.05) is 19.1 Å². The highest BCUT2D eigenvalue weighted by atomic mass is 19.1. The summed E-state index contributed by atoms with van der Waals surface area (Å²) in [5.74, 6) is -2.19. The van der Waals surface area contributed by atoms with Gasteiger partial charge in [0.05, 0.1) is 6.10 Å². The fourth-order valence-corrected chi connectivity index (χ4v) is 3.09. The molecule has 10 heteroatoms. The second kappa shape index (κ2) is 10.1. The number of carbonyl (C=O) groups excluding carboxylic acids is 2. The minimum Gasteiger partial charge on any atom is -0.504 e. The number of amides is 2. The third-order valence-electron chi connectivity index (χ3n) is 4.83. The molecule has 5 N–H and O–H groups in total. The lowest BCUT2D eigenvalue weighted by atomic mass is 10.0. The van der Waals surface area contributed by atoms with Crippen LogP contribution in [0.5, 0.6) is 5.75 Å². The van der Waals surface area contributed by atoms with Crippen molar-refractivity contribution >= 4 is 22.7 Å². The molecule has 1 unspecified atom stereocenters. The molecule has 1 aromatic carbocycles. The molecule has 1 atom stereocenters. The van der Waals surface area contributed by atoms with Gasteiger partial charge < -0.3 is 15.5 Å². The topological polar surface area (TPSA) is 136 Å². The predicted octanol–water partition coefficient (Wildman–Crippen LogP) is 1.43. The number of pyridine rings is 2.